The molecule has 1 unspecified atom stereocenters. The fourth-order valence-corrected chi connectivity index (χ4v) is 9.90. The topological polar surface area (TPSA) is 212 Å². The number of piperidine rings is 1. The molecule has 0 aromatic carbocycles. The van der Waals surface area contributed by atoms with Crippen molar-refractivity contribution in [2.24, 2.45) is 29.6 Å². The van der Waals surface area contributed by atoms with Gasteiger partial charge in [-0.1, -0.05) is 52.0 Å². The van der Waals surface area contributed by atoms with Gasteiger partial charge < -0.3 is 43.9 Å². The molecule has 3 N–H and O–H groups in total. The lowest BCUT2D eigenvalue weighted by atomic mass is 9.81. The van der Waals surface area contributed by atoms with Crippen LogP contribution in [0.5, 0.6) is 0 Å². The van der Waals surface area contributed by atoms with Gasteiger partial charge in [-0.05, 0) is 102 Å². The summed E-state index contributed by atoms with van der Waals surface area (Å²) < 4.78 is 29.1. The highest BCUT2D eigenvalue weighted by atomic mass is 16.6. The second-order valence-corrected chi connectivity index (χ2v) is 19.3. The van der Waals surface area contributed by atoms with E-state index in [1.165, 1.54) is 19.1 Å². The number of aliphatic hydroxyl groups excluding tert-OH is 2. The summed E-state index contributed by atoms with van der Waals surface area (Å²) in [4.78, 5) is 84.5. The standard InChI is InChI=1S/C50H77NO14/c1-29-14-10-11-16-39(52)30(2)24-32(4)44(55)46(63-9)45(56)33(5)25-31(3)41(54)27-36(21-18-35-19-22-40(53)43(26-35)62-8)64-49(59)38-15-12-13-23-51(38)48(58)47(57)50(60)34(6)17-20-37(65-50)28-42(29)61-7/h10-11,14,25,30-32,34-38,40,42-43,45-46,53,56,60H,12-13,15-24,26-28H2,1-9H3/b11-10?,29-14?,33-25+/t30-,31+,32+,34+,35+,36+,37?,38-,40+,42-,43+,45+,46-,50+/m0/s1. The minimum Gasteiger partial charge on any atom is -0.460 e. The molecule has 14 atom stereocenters. The third-order valence-corrected chi connectivity index (χ3v) is 14.4. The summed E-state index contributed by atoms with van der Waals surface area (Å²) in [5, 5.41) is 33.7. The molecule has 366 valence electrons. The zero-order valence-corrected chi connectivity index (χ0v) is 40.2. The van der Waals surface area contributed by atoms with Gasteiger partial charge >= 0.3 is 5.97 Å². The predicted octanol–water partition coefficient (Wildman–Crippen LogP) is 5.34. The third-order valence-electron chi connectivity index (χ3n) is 14.4. The van der Waals surface area contributed by atoms with E-state index in [1.54, 1.807) is 60.0 Å². The van der Waals surface area contributed by atoms with E-state index in [-0.39, 0.29) is 68.0 Å². The Morgan fingerprint density at radius 2 is 1.52 bits per heavy atom. The third kappa shape index (κ3) is 14.3. The minimum absolute atomic E-state index is 0.0723. The van der Waals surface area contributed by atoms with Gasteiger partial charge in [0.15, 0.2) is 5.78 Å². The number of ether oxygens (including phenoxy) is 5. The highest BCUT2D eigenvalue weighted by molar-refractivity contribution is 6.39. The molecule has 1 amide bonds. The van der Waals surface area contributed by atoms with Gasteiger partial charge in [-0.2, -0.15) is 0 Å². The number of hydrogen-bond acceptors (Lipinski definition) is 14. The maximum absolute atomic E-state index is 14.2. The fourth-order valence-electron chi connectivity index (χ4n) is 9.90. The molecule has 1 saturated carbocycles. The Morgan fingerprint density at radius 3 is 2.20 bits per heavy atom. The Bertz CT molecular complexity index is 1760. The number of esters is 1. The molecular weight excluding hydrogens is 839 g/mol. The zero-order chi connectivity index (χ0) is 48.2. The van der Waals surface area contributed by atoms with Gasteiger partial charge in [0.2, 0.25) is 5.79 Å². The van der Waals surface area contributed by atoms with Crippen molar-refractivity contribution >= 4 is 35.0 Å². The van der Waals surface area contributed by atoms with Gasteiger partial charge in [-0.25, -0.2) is 4.79 Å². The Kier molecular flexibility index (Phi) is 20.9. The first-order valence-electron chi connectivity index (χ1n) is 23.8. The molecule has 4 aliphatic rings. The number of nitrogens with zero attached hydrogens (tertiary/aromatic N) is 1. The van der Waals surface area contributed by atoms with Crippen molar-refractivity contribution in [2.75, 3.05) is 27.9 Å². The summed E-state index contributed by atoms with van der Waals surface area (Å²) in [6, 6.07) is -1.15. The first-order valence-corrected chi connectivity index (χ1v) is 23.8. The van der Waals surface area contributed by atoms with Crippen molar-refractivity contribution in [2.45, 2.75) is 186 Å². The number of aliphatic hydroxyl groups is 3. The molecular formula is C50H77NO14. The maximum atomic E-state index is 14.2. The van der Waals surface area contributed by atoms with E-state index in [1.807, 2.05) is 13.0 Å². The van der Waals surface area contributed by atoms with Crippen LogP contribution in [-0.4, -0.2) is 138 Å². The summed E-state index contributed by atoms with van der Waals surface area (Å²) in [5.74, 6) is -8.64. The average molecular weight is 916 g/mol. The Labute approximate surface area is 385 Å². The normalized spacial score (nSPS) is 38.4. The van der Waals surface area contributed by atoms with Crippen molar-refractivity contribution < 1.29 is 67.8 Å². The molecule has 65 heavy (non-hydrogen) atoms. The molecule has 0 spiro atoms. The second-order valence-electron chi connectivity index (χ2n) is 19.3. The van der Waals surface area contributed by atoms with Crippen molar-refractivity contribution in [1.82, 2.24) is 4.90 Å². The molecule has 4 rings (SSSR count). The van der Waals surface area contributed by atoms with Crippen LogP contribution in [0.1, 0.15) is 131 Å². The number of carbonyl (C=O) groups is 6. The van der Waals surface area contributed by atoms with Gasteiger partial charge in [-0.3, -0.25) is 24.0 Å². The summed E-state index contributed by atoms with van der Waals surface area (Å²) in [6.07, 6.45) is 6.57. The van der Waals surface area contributed by atoms with E-state index in [2.05, 4.69) is 0 Å². The van der Waals surface area contributed by atoms with Crippen LogP contribution in [0.25, 0.3) is 0 Å². The lowest BCUT2D eigenvalue weighted by Crippen LogP contribution is -2.60. The van der Waals surface area contributed by atoms with Crippen LogP contribution in [0.2, 0.25) is 0 Å². The molecule has 2 saturated heterocycles. The van der Waals surface area contributed by atoms with Gasteiger partial charge in [0.1, 0.15) is 35.9 Å². The molecule has 15 nitrogen and oxygen atoms in total. The molecule has 3 heterocycles. The molecule has 15 heteroatoms. The van der Waals surface area contributed by atoms with Gasteiger partial charge in [0.25, 0.3) is 11.7 Å². The van der Waals surface area contributed by atoms with Crippen molar-refractivity contribution in [1.29, 1.82) is 0 Å². The smallest absolute Gasteiger partial charge is 0.329 e. The van der Waals surface area contributed by atoms with Crippen LogP contribution in [0.4, 0.5) is 0 Å². The largest absolute Gasteiger partial charge is 0.460 e. The van der Waals surface area contributed by atoms with Crippen LogP contribution in [0, 0.1) is 29.6 Å². The van der Waals surface area contributed by atoms with E-state index in [0.29, 0.717) is 56.9 Å². The summed E-state index contributed by atoms with van der Waals surface area (Å²) >= 11 is 0. The van der Waals surface area contributed by atoms with E-state index in [4.69, 9.17) is 23.7 Å². The number of amides is 1. The number of Topliss-reactive ketones (excluding diaryl/α,β-unsaturated/α-hetero) is 4. The zero-order valence-electron chi connectivity index (χ0n) is 40.2. The number of allylic oxidation sites excluding steroid dienone is 4. The predicted molar refractivity (Wildman–Crippen MR) is 241 cm³/mol. The van der Waals surface area contributed by atoms with E-state index in [0.717, 1.165) is 12.0 Å². The first-order chi connectivity index (χ1) is 30.7. The van der Waals surface area contributed by atoms with Crippen LogP contribution in [0.15, 0.2) is 35.5 Å². The number of hydrogen-bond donors (Lipinski definition) is 3. The van der Waals surface area contributed by atoms with Crippen molar-refractivity contribution in [3.05, 3.63) is 35.5 Å². The second kappa shape index (κ2) is 25.1. The van der Waals surface area contributed by atoms with Gasteiger partial charge in [0.05, 0.1) is 24.4 Å². The van der Waals surface area contributed by atoms with Crippen molar-refractivity contribution in [3.63, 3.8) is 0 Å². The molecule has 0 radical (unpaired) electrons. The van der Waals surface area contributed by atoms with Gasteiger partial charge in [-0.15, -0.1) is 0 Å². The summed E-state index contributed by atoms with van der Waals surface area (Å²) in [6.45, 7) is 10.3. The van der Waals surface area contributed by atoms with Crippen LogP contribution in [-0.2, 0) is 52.5 Å². The SMILES string of the molecule is CO[C@H]1CC2CC[C@@H](C)[C@@](O)(O2)C(=O)C(=O)N2CCCC[C@H]2C(=O)O[C@H](CC[C@@H]2CC[C@@H](O)[C@H](OC)C2)CC(=O)[C@H](C)/C=C(\C)[C@@H](O)[C@@H](OC)C(=O)[C@H](C)C[C@H](C)C(=O)CC=CC=C1C. The van der Waals surface area contributed by atoms with E-state index < -0.39 is 89.8 Å². The first kappa shape index (κ1) is 54.2. The molecule has 0 aromatic heterocycles. The Hall–Kier alpha value is -3.44. The maximum Gasteiger partial charge on any atom is 0.329 e. The Balaban J connectivity index is 1.68. The van der Waals surface area contributed by atoms with Gasteiger partial charge in [0, 0.05) is 70.8 Å². The number of fused-ring (bicyclic) bond motifs is 3. The summed E-state index contributed by atoms with van der Waals surface area (Å²) in [5.41, 5.74) is 1.13. The van der Waals surface area contributed by atoms with E-state index >= 15 is 0 Å². The van der Waals surface area contributed by atoms with Crippen LogP contribution in [0.3, 0.4) is 0 Å². The average Bonchev–Trinajstić information content (AvgIpc) is 3.29. The molecule has 2 bridgehead atoms. The molecule has 0 aromatic rings. The van der Waals surface area contributed by atoms with Crippen molar-refractivity contribution in [3.8, 4) is 0 Å². The quantitative estimate of drug-likeness (QED) is 0.175. The molecule has 1 aliphatic carbocycles. The number of ketones is 4. The lowest BCUT2D eigenvalue weighted by Gasteiger charge is -2.42. The summed E-state index contributed by atoms with van der Waals surface area (Å²) in [7, 11) is 4.42. The number of carbonyl (C=O) groups excluding carboxylic acids is 6. The fraction of sp³-hybridized carbons (Fsp3) is 0.760. The number of cyclic esters (lactones) is 1. The van der Waals surface area contributed by atoms with Crippen LogP contribution >= 0.6 is 0 Å². The highest BCUT2D eigenvalue weighted by Gasteiger charge is 2.53. The monoisotopic (exact) mass is 916 g/mol. The molecule has 3 fully saturated rings. The lowest BCUT2D eigenvalue weighted by molar-refractivity contribution is -0.265. The highest BCUT2D eigenvalue weighted by Crippen LogP contribution is 2.37. The van der Waals surface area contributed by atoms with Crippen LogP contribution < -0.4 is 0 Å². The number of rotatable bonds is 6. The minimum atomic E-state index is -2.45. The molecule has 3 aliphatic heterocycles. The van der Waals surface area contributed by atoms with E-state index in [9.17, 15) is 44.1 Å². The Morgan fingerprint density at radius 1 is 0.800 bits per heavy atom. The number of methoxy groups -OCH3 is 3.